The number of nitrogens with one attached hydrogen (secondary N) is 2. The Morgan fingerprint density at radius 2 is 1.72 bits per heavy atom. The van der Waals surface area contributed by atoms with E-state index in [2.05, 4.69) is 29.7 Å². The van der Waals surface area contributed by atoms with Crippen LogP contribution in [-0.2, 0) is 11.2 Å². The first kappa shape index (κ1) is 22.4. The van der Waals surface area contributed by atoms with Gasteiger partial charge in [-0.3, -0.25) is 4.79 Å². The Kier molecular flexibility index (Phi) is 9.99. The fourth-order valence-corrected chi connectivity index (χ4v) is 2.81. The molecule has 3 nitrogen and oxygen atoms in total. The summed E-state index contributed by atoms with van der Waals surface area (Å²) in [5.41, 5.74) is 2.09. The molecule has 6 heteroatoms. The Morgan fingerprint density at radius 1 is 1.08 bits per heavy atom. The van der Waals surface area contributed by atoms with Crippen molar-refractivity contribution in [1.29, 1.82) is 0 Å². The molecule has 142 valence electrons. The highest BCUT2D eigenvalue weighted by Crippen LogP contribution is 2.31. The standard InChI is InChI=1S/C19H29Cl3N2O/c1-4-5-6-7-8-15-9-11-16(12-10-15)23-18(19(20,21)22)24-17(25)13-14(2)3/h9-12,14,18,23H,4-8,13H2,1-3H3,(H,24,25)/t18-/m0/s1. The first-order valence-electron chi connectivity index (χ1n) is 8.94. The van der Waals surface area contributed by atoms with Crippen molar-refractivity contribution in [1.82, 2.24) is 5.32 Å². The molecule has 0 aliphatic carbocycles. The molecule has 1 atom stereocenters. The van der Waals surface area contributed by atoms with E-state index < -0.39 is 9.96 Å². The zero-order valence-corrected chi connectivity index (χ0v) is 17.5. The first-order valence-corrected chi connectivity index (χ1v) is 10.1. The Hall–Kier alpha value is -0.640. The van der Waals surface area contributed by atoms with Crippen molar-refractivity contribution in [3.05, 3.63) is 29.8 Å². The minimum atomic E-state index is -1.65. The SMILES string of the molecule is CCCCCCc1ccc(N[C@@H](NC(=O)CC(C)C)C(Cl)(Cl)Cl)cc1. The molecule has 0 heterocycles. The number of carbonyl (C=O) groups is 1. The van der Waals surface area contributed by atoms with Gasteiger partial charge in [-0.05, 0) is 36.5 Å². The Bertz CT molecular complexity index is 512. The Balaban J connectivity index is 2.63. The average molecular weight is 408 g/mol. The number of carbonyl (C=O) groups excluding carboxylic acids is 1. The number of rotatable bonds is 10. The van der Waals surface area contributed by atoms with Crippen LogP contribution in [0.15, 0.2) is 24.3 Å². The molecule has 0 spiro atoms. The lowest BCUT2D eigenvalue weighted by molar-refractivity contribution is -0.122. The van der Waals surface area contributed by atoms with Gasteiger partial charge in [0.2, 0.25) is 9.70 Å². The highest BCUT2D eigenvalue weighted by atomic mass is 35.6. The zero-order valence-electron chi connectivity index (χ0n) is 15.2. The molecule has 1 aromatic rings. The third-order valence-corrected chi connectivity index (χ3v) is 4.46. The molecule has 1 rings (SSSR count). The molecule has 0 saturated heterocycles. The lowest BCUT2D eigenvalue weighted by Gasteiger charge is -2.27. The summed E-state index contributed by atoms with van der Waals surface area (Å²) >= 11 is 18.0. The topological polar surface area (TPSA) is 41.1 Å². The van der Waals surface area contributed by atoms with Gasteiger partial charge in [0.25, 0.3) is 0 Å². The monoisotopic (exact) mass is 406 g/mol. The molecule has 0 aromatic heterocycles. The Labute approximate surface area is 166 Å². The molecule has 1 aromatic carbocycles. The third-order valence-electron chi connectivity index (χ3n) is 3.81. The number of alkyl halides is 3. The summed E-state index contributed by atoms with van der Waals surface area (Å²) in [5.74, 6) is 0.0920. The van der Waals surface area contributed by atoms with Crippen LogP contribution >= 0.6 is 34.8 Å². The molecule has 0 aliphatic rings. The number of amides is 1. The summed E-state index contributed by atoms with van der Waals surface area (Å²) in [6.45, 7) is 6.15. The molecular formula is C19H29Cl3N2O. The van der Waals surface area contributed by atoms with Crippen molar-refractivity contribution in [2.75, 3.05) is 5.32 Å². The van der Waals surface area contributed by atoms with Crippen molar-refractivity contribution in [2.24, 2.45) is 5.92 Å². The van der Waals surface area contributed by atoms with Crippen LogP contribution in [0.25, 0.3) is 0 Å². The summed E-state index contributed by atoms with van der Waals surface area (Å²) in [6, 6.07) is 8.04. The number of benzene rings is 1. The Morgan fingerprint density at radius 3 is 2.24 bits per heavy atom. The van der Waals surface area contributed by atoms with Crippen LogP contribution in [0.4, 0.5) is 5.69 Å². The van der Waals surface area contributed by atoms with E-state index in [1.165, 1.54) is 31.2 Å². The largest absolute Gasteiger partial charge is 0.362 e. The van der Waals surface area contributed by atoms with Crippen LogP contribution in [-0.4, -0.2) is 15.9 Å². The maximum Gasteiger partial charge on any atom is 0.228 e. The van der Waals surface area contributed by atoms with E-state index in [0.717, 1.165) is 12.1 Å². The second-order valence-corrected chi connectivity index (χ2v) is 9.16. The average Bonchev–Trinajstić information content (AvgIpc) is 2.51. The van der Waals surface area contributed by atoms with E-state index in [1.807, 2.05) is 26.0 Å². The van der Waals surface area contributed by atoms with Gasteiger partial charge in [0.05, 0.1) is 0 Å². The van der Waals surface area contributed by atoms with Crippen LogP contribution < -0.4 is 10.6 Å². The predicted molar refractivity (Wildman–Crippen MR) is 110 cm³/mol. The van der Waals surface area contributed by atoms with Crippen molar-refractivity contribution in [3.63, 3.8) is 0 Å². The molecule has 2 N–H and O–H groups in total. The van der Waals surface area contributed by atoms with Gasteiger partial charge >= 0.3 is 0 Å². The normalized spacial score (nSPS) is 12.9. The molecule has 1 amide bonds. The smallest absolute Gasteiger partial charge is 0.228 e. The molecule has 0 aliphatic heterocycles. The summed E-state index contributed by atoms with van der Waals surface area (Å²) in [4.78, 5) is 12.0. The second kappa shape index (κ2) is 11.2. The highest BCUT2D eigenvalue weighted by molar-refractivity contribution is 6.68. The van der Waals surface area contributed by atoms with Crippen LogP contribution in [0.5, 0.6) is 0 Å². The maximum atomic E-state index is 12.0. The lowest BCUT2D eigenvalue weighted by atomic mass is 10.1. The van der Waals surface area contributed by atoms with E-state index in [0.29, 0.717) is 6.42 Å². The maximum absolute atomic E-state index is 12.0. The summed E-state index contributed by atoms with van der Waals surface area (Å²) in [7, 11) is 0. The highest BCUT2D eigenvalue weighted by Gasteiger charge is 2.34. The fraction of sp³-hybridized carbons (Fsp3) is 0.632. The quantitative estimate of drug-likeness (QED) is 0.280. The molecule has 0 saturated carbocycles. The van der Waals surface area contributed by atoms with Gasteiger partial charge in [-0.2, -0.15) is 0 Å². The van der Waals surface area contributed by atoms with Crippen molar-refractivity contribution < 1.29 is 4.79 Å². The van der Waals surface area contributed by atoms with Crippen molar-refractivity contribution >= 4 is 46.4 Å². The first-order chi connectivity index (χ1) is 11.7. The van der Waals surface area contributed by atoms with Crippen LogP contribution in [0, 0.1) is 5.92 Å². The molecular weight excluding hydrogens is 379 g/mol. The van der Waals surface area contributed by atoms with Gasteiger partial charge in [-0.15, -0.1) is 0 Å². The van der Waals surface area contributed by atoms with Gasteiger partial charge < -0.3 is 10.6 Å². The molecule has 0 radical (unpaired) electrons. The number of aryl methyl sites for hydroxylation is 1. The molecule has 0 bridgehead atoms. The van der Waals surface area contributed by atoms with Crippen molar-refractivity contribution in [2.45, 2.75) is 69.3 Å². The minimum absolute atomic E-state index is 0.147. The van der Waals surface area contributed by atoms with Gasteiger partial charge in [0, 0.05) is 12.1 Å². The number of halogens is 3. The second-order valence-electron chi connectivity index (χ2n) is 6.79. The molecule has 0 fully saturated rings. The van der Waals surface area contributed by atoms with Gasteiger partial charge in [-0.25, -0.2) is 0 Å². The van der Waals surface area contributed by atoms with E-state index >= 15 is 0 Å². The number of hydrogen-bond donors (Lipinski definition) is 2. The van der Waals surface area contributed by atoms with E-state index in [1.54, 1.807) is 0 Å². The summed E-state index contributed by atoms with van der Waals surface area (Å²) in [5, 5.41) is 5.85. The van der Waals surface area contributed by atoms with E-state index in [9.17, 15) is 4.79 Å². The zero-order chi connectivity index (χ0) is 18.9. The summed E-state index contributed by atoms with van der Waals surface area (Å²) in [6.07, 6.45) is 5.63. The van der Waals surface area contributed by atoms with Crippen LogP contribution in [0.2, 0.25) is 0 Å². The molecule has 25 heavy (non-hydrogen) atoms. The fourth-order valence-electron chi connectivity index (χ4n) is 2.48. The number of hydrogen-bond acceptors (Lipinski definition) is 2. The molecule has 0 unspecified atom stereocenters. The lowest BCUT2D eigenvalue weighted by Crippen LogP contribution is -2.49. The minimum Gasteiger partial charge on any atom is -0.362 e. The summed E-state index contributed by atoms with van der Waals surface area (Å²) < 4.78 is -1.65. The van der Waals surface area contributed by atoms with Crippen LogP contribution in [0.1, 0.15) is 58.4 Å². The number of anilines is 1. The number of unbranched alkanes of at least 4 members (excludes halogenated alkanes) is 3. The van der Waals surface area contributed by atoms with Crippen LogP contribution in [0.3, 0.4) is 0 Å². The third kappa shape index (κ3) is 9.58. The van der Waals surface area contributed by atoms with Gasteiger partial charge in [0.1, 0.15) is 6.17 Å². The van der Waals surface area contributed by atoms with Gasteiger partial charge in [-0.1, -0.05) is 87.0 Å². The van der Waals surface area contributed by atoms with Gasteiger partial charge in [0.15, 0.2) is 0 Å². The van der Waals surface area contributed by atoms with E-state index in [4.69, 9.17) is 34.8 Å². The predicted octanol–water partition coefficient (Wildman–Crippen LogP) is 6.08. The van der Waals surface area contributed by atoms with E-state index in [-0.39, 0.29) is 11.8 Å². The van der Waals surface area contributed by atoms with Crippen molar-refractivity contribution in [3.8, 4) is 0 Å².